The van der Waals surface area contributed by atoms with E-state index in [1.807, 2.05) is 0 Å². The molecule has 0 aromatic heterocycles. The molecule has 1 aromatic rings. The first-order valence-electron chi connectivity index (χ1n) is 2.59. The summed E-state index contributed by atoms with van der Waals surface area (Å²) in [6, 6.07) is 8.30. The Hall–Kier alpha value is -0.687. The van der Waals surface area contributed by atoms with Crippen LogP contribution in [-0.2, 0) is 19.5 Å². The van der Waals surface area contributed by atoms with Crippen LogP contribution in [0.25, 0.3) is 0 Å². The SMILES string of the molecule is O=C(O)c1ccccc1.[CH3-].[Zn]. The van der Waals surface area contributed by atoms with Gasteiger partial charge in [-0.1, -0.05) is 18.2 Å². The summed E-state index contributed by atoms with van der Waals surface area (Å²) in [6.45, 7) is 0. The third kappa shape index (κ3) is 3.89. The Bertz CT molecular complexity index is 209. The third-order valence-corrected chi connectivity index (χ3v) is 1.02. The van der Waals surface area contributed by atoms with Crippen molar-refractivity contribution in [2.75, 3.05) is 0 Å². The van der Waals surface area contributed by atoms with Gasteiger partial charge in [-0.25, -0.2) is 4.79 Å². The summed E-state index contributed by atoms with van der Waals surface area (Å²) in [4.78, 5) is 10.2. The molecule has 0 fully saturated rings. The number of carboxylic acids is 1. The Morgan fingerprint density at radius 3 is 1.91 bits per heavy atom. The topological polar surface area (TPSA) is 37.3 Å². The van der Waals surface area contributed by atoms with Gasteiger partial charge in [0.15, 0.2) is 0 Å². The van der Waals surface area contributed by atoms with Crippen LogP contribution in [0.5, 0.6) is 0 Å². The summed E-state index contributed by atoms with van der Waals surface area (Å²) in [7, 11) is 0. The maximum Gasteiger partial charge on any atom is 0.335 e. The molecule has 56 valence electrons. The summed E-state index contributed by atoms with van der Waals surface area (Å²) in [5, 5.41) is 8.38. The molecule has 0 atom stereocenters. The fourth-order valence-electron chi connectivity index (χ4n) is 0.581. The van der Waals surface area contributed by atoms with Crippen molar-refractivity contribution in [1.82, 2.24) is 0 Å². The minimum atomic E-state index is -0.879. The molecule has 0 amide bonds. The fraction of sp³-hybridized carbons (Fsp3) is 0. The molecule has 11 heavy (non-hydrogen) atoms. The van der Waals surface area contributed by atoms with Crippen LogP contribution >= 0.6 is 0 Å². The van der Waals surface area contributed by atoms with Gasteiger partial charge in [0, 0.05) is 19.5 Å². The Kier molecular flexibility index (Phi) is 7.12. The average molecular weight is 203 g/mol. The van der Waals surface area contributed by atoms with E-state index in [0.29, 0.717) is 5.56 Å². The van der Waals surface area contributed by atoms with Crippen molar-refractivity contribution >= 4 is 5.97 Å². The zero-order valence-corrected chi connectivity index (χ0v) is 9.42. The molecule has 0 saturated carbocycles. The van der Waals surface area contributed by atoms with Crippen LogP contribution in [0.1, 0.15) is 10.4 Å². The predicted molar refractivity (Wildman–Crippen MR) is 39.8 cm³/mol. The number of benzene rings is 1. The van der Waals surface area contributed by atoms with Crippen LogP contribution < -0.4 is 0 Å². The first kappa shape index (κ1) is 12.9. The quantitative estimate of drug-likeness (QED) is 0.557. The second kappa shape index (κ2) is 6.05. The van der Waals surface area contributed by atoms with Crippen LogP contribution in [0, 0.1) is 7.43 Å². The fourth-order valence-corrected chi connectivity index (χ4v) is 0.581. The molecule has 0 saturated heterocycles. The molecule has 1 N–H and O–H groups in total. The van der Waals surface area contributed by atoms with Crippen molar-refractivity contribution in [3.05, 3.63) is 43.3 Å². The number of carboxylic acid groups (broad SMARTS) is 1. The van der Waals surface area contributed by atoms with Gasteiger partial charge in [-0.2, -0.15) is 0 Å². The van der Waals surface area contributed by atoms with Gasteiger partial charge in [0.2, 0.25) is 0 Å². The largest absolute Gasteiger partial charge is 0.478 e. The van der Waals surface area contributed by atoms with Gasteiger partial charge in [-0.15, -0.1) is 0 Å². The molecule has 0 spiro atoms. The van der Waals surface area contributed by atoms with Crippen molar-refractivity contribution in [3.8, 4) is 0 Å². The molecular weight excluding hydrogens is 193 g/mol. The summed E-state index contributed by atoms with van der Waals surface area (Å²) in [5.41, 5.74) is 0.331. The van der Waals surface area contributed by atoms with Crippen LogP contribution in [0.4, 0.5) is 0 Å². The molecule has 0 radical (unpaired) electrons. The van der Waals surface area contributed by atoms with E-state index in [2.05, 4.69) is 0 Å². The Balaban J connectivity index is 0. The van der Waals surface area contributed by atoms with Gasteiger partial charge in [-0.3, -0.25) is 0 Å². The van der Waals surface area contributed by atoms with E-state index in [1.165, 1.54) is 0 Å². The van der Waals surface area contributed by atoms with E-state index in [0.717, 1.165) is 0 Å². The van der Waals surface area contributed by atoms with E-state index in [-0.39, 0.29) is 26.9 Å². The zero-order valence-electron chi connectivity index (χ0n) is 6.45. The van der Waals surface area contributed by atoms with Crippen LogP contribution in [0.15, 0.2) is 30.3 Å². The summed E-state index contributed by atoms with van der Waals surface area (Å²) >= 11 is 0. The molecule has 3 heteroatoms. The van der Waals surface area contributed by atoms with Crippen molar-refractivity contribution in [2.24, 2.45) is 0 Å². The summed E-state index contributed by atoms with van der Waals surface area (Å²) < 4.78 is 0. The standard InChI is InChI=1S/C7H6O2.CH3.Zn/c8-7(9)6-4-2-1-3-5-6;;/h1-5H,(H,8,9);1H3;/q;-1;. The number of aromatic carboxylic acids is 1. The van der Waals surface area contributed by atoms with Crippen molar-refractivity contribution in [1.29, 1.82) is 0 Å². The third-order valence-electron chi connectivity index (χ3n) is 1.02. The van der Waals surface area contributed by atoms with Gasteiger partial charge in [0.1, 0.15) is 0 Å². The Morgan fingerprint density at radius 2 is 1.64 bits per heavy atom. The predicted octanol–water partition coefficient (Wildman–Crippen LogP) is 1.83. The van der Waals surface area contributed by atoms with Crippen LogP contribution in [-0.4, -0.2) is 11.1 Å². The smallest absolute Gasteiger partial charge is 0.335 e. The van der Waals surface area contributed by atoms with E-state index in [9.17, 15) is 4.79 Å². The molecule has 0 bridgehead atoms. The zero-order chi connectivity index (χ0) is 6.69. The minimum absolute atomic E-state index is 0. The molecule has 1 aromatic carbocycles. The van der Waals surface area contributed by atoms with Crippen LogP contribution in [0.3, 0.4) is 0 Å². The molecule has 1 rings (SSSR count). The second-order valence-corrected chi connectivity index (χ2v) is 1.67. The van der Waals surface area contributed by atoms with Gasteiger partial charge >= 0.3 is 5.97 Å². The van der Waals surface area contributed by atoms with Gasteiger partial charge in [0.25, 0.3) is 0 Å². The molecule has 0 aliphatic carbocycles. The summed E-state index contributed by atoms with van der Waals surface area (Å²) in [5.74, 6) is -0.879. The molecular formula is C8H9O2Zn-. The number of hydrogen-bond donors (Lipinski definition) is 1. The Labute approximate surface area is 79.0 Å². The van der Waals surface area contributed by atoms with Crippen molar-refractivity contribution in [2.45, 2.75) is 0 Å². The van der Waals surface area contributed by atoms with Gasteiger partial charge < -0.3 is 12.5 Å². The first-order valence-corrected chi connectivity index (χ1v) is 2.59. The Morgan fingerprint density at radius 1 is 1.18 bits per heavy atom. The van der Waals surface area contributed by atoms with Crippen molar-refractivity contribution in [3.63, 3.8) is 0 Å². The number of hydrogen-bond acceptors (Lipinski definition) is 1. The van der Waals surface area contributed by atoms with Crippen molar-refractivity contribution < 1.29 is 29.4 Å². The molecule has 0 unspecified atom stereocenters. The monoisotopic (exact) mass is 201 g/mol. The normalized spacial score (nSPS) is 7.27. The molecule has 0 aliphatic rings. The minimum Gasteiger partial charge on any atom is -0.478 e. The average Bonchev–Trinajstić information content (AvgIpc) is 1.90. The number of rotatable bonds is 1. The van der Waals surface area contributed by atoms with Gasteiger partial charge in [-0.05, 0) is 12.1 Å². The van der Waals surface area contributed by atoms with E-state index in [4.69, 9.17) is 5.11 Å². The first-order chi connectivity index (χ1) is 4.30. The molecule has 0 heterocycles. The van der Waals surface area contributed by atoms with E-state index >= 15 is 0 Å². The maximum atomic E-state index is 10.2. The molecule has 0 aliphatic heterocycles. The summed E-state index contributed by atoms with van der Waals surface area (Å²) in [6.07, 6.45) is 0. The second-order valence-electron chi connectivity index (χ2n) is 1.67. The van der Waals surface area contributed by atoms with Gasteiger partial charge in [0.05, 0.1) is 5.56 Å². The molecule has 2 nitrogen and oxygen atoms in total. The number of carbonyl (C=O) groups is 1. The van der Waals surface area contributed by atoms with E-state index in [1.54, 1.807) is 30.3 Å². The maximum absolute atomic E-state index is 10.2. The van der Waals surface area contributed by atoms with Crippen LogP contribution in [0.2, 0.25) is 0 Å². The van der Waals surface area contributed by atoms with E-state index < -0.39 is 5.97 Å².